The van der Waals surface area contributed by atoms with Crippen LogP contribution < -0.4 is 10.0 Å². The van der Waals surface area contributed by atoms with Crippen LogP contribution in [0.3, 0.4) is 0 Å². The van der Waals surface area contributed by atoms with Crippen molar-refractivity contribution >= 4 is 10.0 Å². The van der Waals surface area contributed by atoms with E-state index in [1.54, 1.807) is 4.72 Å². The van der Waals surface area contributed by atoms with Crippen LogP contribution in [0.4, 0.5) is 13.2 Å². The van der Waals surface area contributed by atoms with Crippen LogP contribution >= 0.6 is 0 Å². The summed E-state index contributed by atoms with van der Waals surface area (Å²) in [5.74, 6) is 0. The van der Waals surface area contributed by atoms with Gasteiger partial charge in [-0.2, -0.15) is 13.2 Å². The Morgan fingerprint density at radius 1 is 1.18 bits per heavy atom. The highest BCUT2D eigenvalue weighted by molar-refractivity contribution is 7.90. The van der Waals surface area contributed by atoms with E-state index in [1.165, 1.54) is 0 Å². The van der Waals surface area contributed by atoms with Crippen LogP contribution in [0, 0.1) is 5.41 Å². The standard InChI is InChI=1S/C9H15F3N2O2S/c10-9(11,12)17(15,16)14-7-1-3-8(4-2-7)5-13-6-8/h7,13-14H,1-6H2. The molecule has 1 saturated heterocycles. The van der Waals surface area contributed by atoms with E-state index < -0.39 is 21.6 Å². The van der Waals surface area contributed by atoms with E-state index in [0.29, 0.717) is 12.8 Å². The molecule has 1 aliphatic carbocycles. The van der Waals surface area contributed by atoms with Crippen molar-refractivity contribution in [2.45, 2.75) is 37.2 Å². The topological polar surface area (TPSA) is 58.2 Å². The van der Waals surface area contributed by atoms with Gasteiger partial charge in [-0.3, -0.25) is 0 Å². The molecule has 1 aliphatic heterocycles. The van der Waals surface area contributed by atoms with E-state index >= 15 is 0 Å². The molecule has 1 saturated carbocycles. The molecule has 0 amide bonds. The van der Waals surface area contributed by atoms with Crippen molar-refractivity contribution < 1.29 is 21.6 Å². The summed E-state index contributed by atoms with van der Waals surface area (Å²) in [5.41, 5.74) is -5.00. The molecule has 0 bridgehead atoms. The number of alkyl halides is 3. The van der Waals surface area contributed by atoms with Crippen LogP contribution in [0.15, 0.2) is 0 Å². The highest BCUT2D eigenvalue weighted by Crippen LogP contribution is 2.39. The minimum absolute atomic E-state index is 0.209. The van der Waals surface area contributed by atoms with Crippen LogP contribution in [0.1, 0.15) is 25.7 Å². The Kier molecular flexibility index (Phi) is 3.16. The van der Waals surface area contributed by atoms with E-state index in [-0.39, 0.29) is 5.41 Å². The van der Waals surface area contributed by atoms with Gasteiger partial charge in [-0.05, 0) is 31.1 Å². The van der Waals surface area contributed by atoms with Gasteiger partial charge >= 0.3 is 15.5 Å². The lowest BCUT2D eigenvalue weighted by atomic mass is 9.69. The zero-order valence-electron chi connectivity index (χ0n) is 9.18. The second kappa shape index (κ2) is 4.10. The average molecular weight is 272 g/mol. The van der Waals surface area contributed by atoms with Crippen LogP contribution in [0.25, 0.3) is 0 Å². The summed E-state index contributed by atoms with van der Waals surface area (Å²) in [4.78, 5) is 0. The molecule has 0 aromatic heterocycles. The molecule has 2 fully saturated rings. The largest absolute Gasteiger partial charge is 0.511 e. The van der Waals surface area contributed by atoms with Gasteiger partial charge in [0.1, 0.15) is 0 Å². The first-order chi connectivity index (χ1) is 7.74. The Hall–Kier alpha value is -0.340. The summed E-state index contributed by atoms with van der Waals surface area (Å²) in [5, 5.41) is 3.14. The summed E-state index contributed by atoms with van der Waals surface area (Å²) in [6, 6.07) is -0.576. The monoisotopic (exact) mass is 272 g/mol. The van der Waals surface area contributed by atoms with E-state index in [9.17, 15) is 21.6 Å². The summed E-state index contributed by atoms with van der Waals surface area (Å²) in [6.45, 7) is 1.79. The molecule has 1 spiro atoms. The Morgan fingerprint density at radius 2 is 1.71 bits per heavy atom. The van der Waals surface area contributed by atoms with Crippen molar-refractivity contribution in [1.29, 1.82) is 0 Å². The van der Waals surface area contributed by atoms with E-state index in [1.807, 2.05) is 0 Å². The molecular weight excluding hydrogens is 257 g/mol. The van der Waals surface area contributed by atoms with Crippen molar-refractivity contribution in [2.24, 2.45) is 5.41 Å². The van der Waals surface area contributed by atoms with Crippen molar-refractivity contribution in [3.8, 4) is 0 Å². The molecule has 0 aromatic carbocycles. The Morgan fingerprint density at radius 3 is 2.06 bits per heavy atom. The lowest BCUT2D eigenvalue weighted by Crippen LogP contribution is -2.57. The van der Waals surface area contributed by atoms with Crippen LogP contribution in [0.5, 0.6) is 0 Å². The molecular formula is C9H15F3N2O2S. The molecule has 4 nitrogen and oxygen atoms in total. The molecule has 0 aromatic rings. The molecule has 2 N–H and O–H groups in total. The van der Waals surface area contributed by atoms with Gasteiger partial charge in [-0.25, -0.2) is 13.1 Å². The predicted molar refractivity (Wildman–Crippen MR) is 55.7 cm³/mol. The fourth-order valence-electron chi connectivity index (χ4n) is 2.47. The maximum absolute atomic E-state index is 12.2. The molecule has 1 heterocycles. The van der Waals surface area contributed by atoms with Crippen molar-refractivity contribution in [2.75, 3.05) is 13.1 Å². The first-order valence-corrected chi connectivity index (χ1v) is 7.02. The van der Waals surface area contributed by atoms with Gasteiger partial charge in [0.05, 0.1) is 0 Å². The normalized spacial score (nSPS) is 25.8. The third-order valence-electron chi connectivity index (χ3n) is 3.67. The number of hydrogen-bond donors (Lipinski definition) is 2. The van der Waals surface area contributed by atoms with Gasteiger partial charge in [0.2, 0.25) is 0 Å². The molecule has 0 radical (unpaired) electrons. The zero-order chi connectivity index (χ0) is 12.7. The molecule has 100 valence electrons. The fraction of sp³-hybridized carbons (Fsp3) is 1.00. The minimum atomic E-state index is -5.21. The Bertz CT molecular complexity index is 380. The third-order valence-corrected chi connectivity index (χ3v) is 4.93. The molecule has 0 atom stereocenters. The maximum atomic E-state index is 12.2. The second-order valence-corrected chi connectivity index (χ2v) is 6.65. The average Bonchev–Trinajstić information content (AvgIpc) is 2.14. The summed E-state index contributed by atoms with van der Waals surface area (Å²) >= 11 is 0. The molecule has 8 heteroatoms. The van der Waals surface area contributed by atoms with Crippen LogP contribution in [-0.2, 0) is 10.0 Å². The van der Waals surface area contributed by atoms with Gasteiger partial charge in [0, 0.05) is 19.1 Å². The predicted octanol–water partition coefficient (Wildman–Crippen LogP) is 0.958. The lowest BCUT2D eigenvalue weighted by Gasteiger charge is -2.47. The lowest BCUT2D eigenvalue weighted by molar-refractivity contribution is -0.0454. The van der Waals surface area contributed by atoms with Gasteiger partial charge in [-0.15, -0.1) is 0 Å². The molecule has 2 aliphatic rings. The minimum Gasteiger partial charge on any atom is -0.316 e. The summed E-state index contributed by atoms with van der Waals surface area (Å²) < 4.78 is 60.1. The number of halogens is 3. The van der Waals surface area contributed by atoms with E-state index in [2.05, 4.69) is 5.32 Å². The van der Waals surface area contributed by atoms with E-state index in [4.69, 9.17) is 0 Å². The zero-order valence-corrected chi connectivity index (χ0v) is 10.00. The van der Waals surface area contributed by atoms with Gasteiger partial charge in [-0.1, -0.05) is 0 Å². The van der Waals surface area contributed by atoms with E-state index in [0.717, 1.165) is 25.9 Å². The second-order valence-electron chi connectivity index (χ2n) is 4.94. The van der Waals surface area contributed by atoms with Crippen LogP contribution in [0.2, 0.25) is 0 Å². The molecule has 17 heavy (non-hydrogen) atoms. The number of hydrogen-bond acceptors (Lipinski definition) is 3. The quantitative estimate of drug-likeness (QED) is 0.787. The number of sulfonamides is 1. The van der Waals surface area contributed by atoms with Gasteiger partial charge < -0.3 is 5.32 Å². The SMILES string of the molecule is O=S(=O)(NC1CCC2(CC1)CNC2)C(F)(F)F. The first kappa shape index (κ1) is 13.1. The third kappa shape index (κ3) is 2.58. The first-order valence-electron chi connectivity index (χ1n) is 5.54. The van der Waals surface area contributed by atoms with Gasteiger partial charge in [0.25, 0.3) is 0 Å². The summed E-state index contributed by atoms with van der Waals surface area (Å²) in [6.07, 6.45) is 2.53. The van der Waals surface area contributed by atoms with Gasteiger partial charge in [0.15, 0.2) is 0 Å². The highest BCUT2D eigenvalue weighted by atomic mass is 32.2. The maximum Gasteiger partial charge on any atom is 0.511 e. The van der Waals surface area contributed by atoms with Crippen molar-refractivity contribution in [3.63, 3.8) is 0 Å². The smallest absolute Gasteiger partial charge is 0.316 e. The molecule has 2 rings (SSSR count). The van der Waals surface area contributed by atoms with Crippen molar-refractivity contribution in [1.82, 2.24) is 10.0 Å². The Labute approximate surface area is 98.0 Å². The number of rotatable bonds is 2. The number of nitrogens with one attached hydrogen (secondary N) is 2. The Balaban J connectivity index is 1.90. The van der Waals surface area contributed by atoms with Crippen molar-refractivity contribution in [3.05, 3.63) is 0 Å². The highest BCUT2D eigenvalue weighted by Gasteiger charge is 2.48. The van der Waals surface area contributed by atoms with Crippen LogP contribution in [-0.4, -0.2) is 33.1 Å². The fourth-order valence-corrected chi connectivity index (χ4v) is 3.27. The summed E-state index contributed by atoms with van der Waals surface area (Å²) in [7, 11) is -5.19. The molecule has 0 unspecified atom stereocenters.